The third-order valence-electron chi connectivity index (χ3n) is 0. The minimum absolute atomic E-state index is 0. The predicted octanol–water partition coefficient (Wildman–Crippen LogP) is -10.8. The topological polar surface area (TPSA) is 264 Å². The fourth-order valence-corrected chi connectivity index (χ4v) is 0. The van der Waals surface area contributed by atoms with Crippen molar-refractivity contribution in [3.8, 4) is 0 Å². The minimum atomic E-state index is -2.85. The summed E-state index contributed by atoms with van der Waals surface area (Å²) in [4.78, 5) is 0. The summed E-state index contributed by atoms with van der Waals surface area (Å²) in [6.07, 6.45) is 0. The SMILES string of the molecule is O.O.O.O.[Ca+2].[O-][Cl+2]([O-])[O-].[O-][Cl+2]([O-])[O-]. The molecular formula is H8CaCl2O10. The molecule has 10 nitrogen and oxygen atoms in total. The van der Waals surface area contributed by atoms with Crippen LogP contribution in [0.4, 0.5) is 0 Å². The molecule has 0 atom stereocenters. The van der Waals surface area contributed by atoms with Gasteiger partial charge in [0.15, 0.2) is 0 Å². The van der Waals surface area contributed by atoms with Gasteiger partial charge in [0.1, 0.15) is 0 Å². The Balaban J connectivity index is -0.00000000800. The maximum Gasteiger partial charge on any atom is 2.00 e. The van der Waals surface area contributed by atoms with E-state index in [1.165, 1.54) is 0 Å². The number of rotatable bonds is 0. The van der Waals surface area contributed by atoms with Gasteiger partial charge < -0.3 is 49.9 Å². The number of hydrogen-bond acceptors (Lipinski definition) is 6. The quantitative estimate of drug-likeness (QED) is 0.387. The van der Waals surface area contributed by atoms with Gasteiger partial charge in [-0.05, 0) is 0 Å². The normalized spacial score (nSPS) is 5.54. The molecule has 8 N–H and O–H groups in total. The molecular weight excluding hydrogens is 271 g/mol. The van der Waals surface area contributed by atoms with Crippen LogP contribution in [-0.2, 0) is 0 Å². The monoisotopic (exact) mass is 278 g/mol. The van der Waals surface area contributed by atoms with Crippen LogP contribution >= 0.6 is 0 Å². The zero-order valence-electron chi connectivity index (χ0n) is 5.91. The summed E-state index contributed by atoms with van der Waals surface area (Å²) in [5.41, 5.74) is 0. The van der Waals surface area contributed by atoms with Gasteiger partial charge in [0.2, 0.25) is 0 Å². The van der Waals surface area contributed by atoms with Crippen molar-refractivity contribution in [1.29, 1.82) is 0 Å². The molecule has 0 unspecified atom stereocenters. The van der Waals surface area contributed by atoms with E-state index < -0.39 is 21.6 Å². The van der Waals surface area contributed by atoms with E-state index in [0.717, 1.165) is 0 Å². The average Bonchev–Trinajstić information content (AvgIpc) is 1.25. The number of halogens is 2. The zero-order valence-corrected chi connectivity index (χ0v) is 9.63. The number of hydrogen-bond donors (Lipinski definition) is 0. The van der Waals surface area contributed by atoms with Gasteiger partial charge in [-0.25, -0.2) is 0 Å². The van der Waals surface area contributed by atoms with E-state index in [0.29, 0.717) is 0 Å². The molecule has 0 bridgehead atoms. The van der Waals surface area contributed by atoms with Gasteiger partial charge in [0, 0.05) is 0 Å². The van der Waals surface area contributed by atoms with Gasteiger partial charge in [-0.1, -0.05) is 0 Å². The van der Waals surface area contributed by atoms with Crippen LogP contribution in [0.5, 0.6) is 0 Å². The molecule has 0 aliphatic carbocycles. The van der Waals surface area contributed by atoms with E-state index in [1.54, 1.807) is 0 Å². The predicted molar refractivity (Wildman–Crippen MR) is 20.2 cm³/mol. The van der Waals surface area contributed by atoms with Crippen molar-refractivity contribution in [2.45, 2.75) is 0 Å². The molecule has 0 saturated carbocycles. The molecule has 0 aromatic heterocycles. The van der Waals surface area contributed by atoms with Gasteiger partial charge in [0.05, 0.1) is 21.6 Å². The summed E-state index contributed by atoms with van der Waals surface area (Å²) in [5.74, 6) is 0. The van der Waals surface area contributed by atoms with Crippen LogP contribution in [0.25, 0.3) is 0 Å². The smallest absolute Gasteiger partial charge is 0.412 e. The van der Waals surface area contributed by atoms with Gasteiger partial charge in [0.25, 0.3) is 0 Å². The van der Waals surface area contributed by atoms with Crippen LogP contribution in [0, 0.1) is 21.6 Å². The van der Waals surface area contributed by atoms with Crippen LogP contribution in [0.3, 0.4) is 0 Å². The maximum atomic E-state index is 8.41. The molecule has 0 heterocycles. The van der Waals surface area contributed by atoms with Gasteiger partial charge in [-0.2, -0.15) is 0 Å². The van der Waals surface area contributed by atoms with E-state index in [9.17, 15) is 0 Å². The first kappa shape index (κ1) is 47.1. The van der Waals surface area contributed by atoms with Gasteiger partial charge in [-0.3, -0.25) is 0 Å². The van der Waals surface area contributed by atoms with Crippen LogP contribution in [0.1, 0.15) is 0 Å². The Bertz CT molecular complexity index is 28.4. The van der Waals surface area contributed by atoms with E-state index in [2.05, 4.69) is 0 Å². The van der Waals surface area contributed by atoms with E-state index >= 15 is 0 Å². The molecule has 0 saturated heterocycles. The fourth-order valence-electron chi connectivity index (χ4n) is 0. The second kappa shape index (κ2) is 37.6. The van der Waals surface area contributed by atoms with Crippen LogP contribution in [0.15, 0.2) is 0 Å². The molecule has 13 heteroatoms. The Morgan fingerprint density at radius 1 is 0.462 bits per heavy atom. The molecule has 84 valence electrons. The van der Waals surface area contributed by atoms with Crippen molar-refractivity contribution < 1.29 is 71.4 Å². The molecule has 0 amide bonds. The van der Waals surface area contributed by atoms with Crippen LogP contribution < -0.4 is 28.0 Å². The maximum absolute atomic E-state index is 8.41. The molecule has 0 radical (unpaired) electrons. The third kappa shape index (κ3) is 849. The van der Waals surface area contributed by atoms with E-state index in [-0.39, 0.29) is 59.6 Å². The minimum Gasteiger partial charge on any atom is -0.412 e. The molecule has 0 aromatic carbocycles. The van der Waals surface area contributed by atoms with Crippen molar-refractivity contribution in [3.05, 3.63) is 0 Å². The molecule has 0 aromatic rings. The van der Waals surface area contributed by atoms with Crippen LogP contribution in [0.2, 0.25) is 0 Å². The van der Waals surface area contributed by atoms with Gasteiger partial charge >= 0.3 is 37.7 Å². The van der Waals surface area contributed by atoms with Crippen molar-refractivity contribution in [2.75, 3.05) is 0 Å². The summed E-state index contributed by atoms with van der Waals surface area (Å²) in [6, 6.07) is 0. The summed E-state index contributed by atoms with van der Waals surface area (Å²) in [5, 5.41) is 0. The van der Waals surface area contributed by atoms with E-state index in [4.69, 9.17) is 28.0 Å². The van der Waals surface area contributed by atoms with Crippen molar-refractivity contribution in [2.24, 2.45) is 0 Å². The average molecular weight is 279 g/mol. The van der Waals surface area contributed by atoms with Crippen LogP contribution in [-0.4, -0.2) is 59.6 Å². The second-order valence-corrected chi connectivity index (χ2v) is 1.13. The zero-order chi connectivity index (χ0) is 7.15. The third-order valence-corrected chi connectivity index (χ3v) is 0. The second-order valence-electron chi connectivity index (χ2n) is 0.378. The molecule has 0 rings (SSSR count). The first-order chi connectivity index (χ1) is 3.46. The standard InChI is InChI=1S/Ca.2ClO3.4H2O/c;2*2-1(3)4;;;;/h;;;4*1H2/q+2;2*-1;;;;. The summed E-state index contributed by atoms with van der Waals surface area (Å²) in [6.45, 7) is 0. The van der Waals surface area contributed by atoms with Crippen molar-refractivity contribution in [1.82, 2.24) is 0 Å². The van der Waals surface area contributed by atoms with Gasteiger partial charge in [-0.15, -0.1) is 0 Å². The van der Waals surface area contributed by atoms with Crippen molar-refractivity contribution in [3.63, 3.8) is 0 Å². The van der Waals surface area contributed by atoms with E-state index in [1.807, 2.05) is 0 Å². The Kier molecular flexibility index (Phi) is 136. The molecule has 13 heavy (non-hydrogen) atoms. The first-order valence-corrected chi connectivity index (χ1v) is 2.78. The molecule has 0 aliphatic heterocycles. The Hall–Kier alpha value is 1.44. The Morgan fingerprint density at radius 3 is 0.462 bits per heavy atom. The first-order valence-electron chi connectivity index (χ1n) is 0.926. The largest absolute Gasteiger partial charge is 2.00 e. The summed E-state index contributed by atoms with van der Waals surface area (Å²) < 4.78 is 50.4. The molecule has 0 aliphatic rings. The van der Waals surface area contributed by atoms with Crippen molar-refractivity contribution >= 4 is 37.7 Å². The Labute approximate surface area is 108 Å². The molecule has 0 spiro atoms. The summed E-state index contributed by atoms with van der Waals surface area (Å²) in [7, 11) is -5.70. The Morgan fingerprint density at radius 2 is 0.462 bits per heavy atom. The fraction of sp³-hybridized carbons (Fsp3) is 0. The molecule has 0 fully saturated rings. The summed E-state index contributed by atoms with van der Waals surface area (Å²) >= 11 is 0.